The average Bonchev–Trinajstić information content (AvgIpc) is 3.36. The van der Waals surface area contributed by atoms with Crippen molar-refractivity contribution in [2.24, 2.45) is 5.92 Å². The van der Waals surface area contributed by atoms with Crippen LogP contribution in [0.25, 0.3) is 0 Å². The topological polar surface area (TPSA) is 79.9 Å². The molecule has 2 N–H and O–H groups in total. The van der Waals surface area contributed by atoms with Gasteiger partial charge >= 0.3 is 5.97 Å². The zero-order chi connectivity index (χ0) is 18.8. The van der Waals surface area contributed by atoms with Gasteiger partial charge in [0.15, 0.2) is 0 Å². The van der Waals surface area contributed by atoms with E-state index in [0.717, 1.165) is 50.1 Å². The predicted octanol–water partition coefficient (Wildman–Crippen LogP) is 1.27. The number of benzene rings is 1. The summed E-state index contributed by atoms with van der Waals surface area (Å²) in [5.41, 5.74) is 8.37. The van der Waals surface area contributed by atoms with Crippen LogP contribution in [0.3, 0.4) is 0 Å². The van der Waals surface area contributed by atoms with E-state index in [1.165, 1.54) is 7.11 Å². The van der Waals surface area contributed by atoms with Crippen LogP contribution in [0.1, 0.15) is 41.6 Å². The Balaban J connectivity index is 1.31. The van der Waals surface area contributed by atoms with Crippen molar-refractivity contribution < 1.29 is 19.1 Å². The number of fused-ring (bicyclic) bond motifs is 1. The normalized spacial score (nSPS) is 25.1. The van der Waals surface area contributed by atoms with Gasteiger partial charge in [-0.05, 0) is 36.8 Å². The van der Waals surface area contributed by atoms with E-state index in [-0.39, 0.29) is 17.9 Å². The van der Waals surface area contributed by atoms with Gasteiger partial charge in [0.2, 0.25) is 0 Å². The predicted molar refractivity (Wildman–Crippen MR) is 99.4 cm³/mol. The lowest BCUT2D eigenvalue weighted by atomic mass is 9.86. The number of ether oxygens (including phenoxy) is 2. The second-order valence-electron chi connectivity index (χ2n) is 7.63. The van der Waals surface area contributed by atoms with Crippen LogP contribution in [0, 0.1) is 5.92 Å². The molecule has 1 amide bonds. The molecule has 0 saturated carbocycles. The van der Waals surface area contributed by atoms with Crippen molar-refractivity contribution in [1.82, 2.24) is 15.8 Å². The Labute approximate surface area is 159 Å². The van der Waals surface area contributed by atoms with E-state index in [2.05, 4.69) is 10.9 Å². The van der Waals surface area contributed by atoms with Gasteiger partial charge in [0.05, 0.1) is 25.7 Å². The summed E-state index contributed by atoms with van der Waals surface area (Å²) in [4.78, 5) is 26.3. The zero-order valence-corrected chi connectivity index (χ0v) is 15.7. The molecule has 0 spiro atoms. The van der Waals surface area contributed by atoms with Gasteiger partial charge in [-0.2, -0.15) is 0 Å². The van der Waals surface area contributed by atoms with Crippen LogP contribution in [-0.2, 0) is 16.0 Å². The lowest BCUT2D eigenvalue weighted by molar-refractivity contribution is -0.141. The molecule has 27 heavy (non-hydrogen) atoms. The molecule has 0 bridgehead atoms. The van der Waals surface area contributed by atoms with Crippen LogP contribution < -0.4 is 15.6 Å². The minimum absolute atomic E-state index is 0.0771. The molecule has 3 aliphatic rings. The summed E-state index contributed by atoms with van der Waals surface area (Å²) < 4.78 is 10.4. The Hall–Kier alpha value is -2.12. The van der Waals surface area contributed by atoms with E-state index in [9.17, 15) is 9.59 Å². The highest BCUT2D eigenvalue weighted by atomic mass is 16.5. The lowest BCUT2D eigenvalue weighted by Gasteiger charge is -2.34. The molecule has 1 aromatic rings. The van der Waals surface area contributed by atoms with Gasteiger partial charge < -0.3 is 14.4 Å². The van der Waals surface area contributed by atoms with Gasteiger partial charge in [-0.15, -0.1) is 0 Å². The minimum Gasteiger partial charge on any atom is -0.492 e. The Morgan fingerprint density at radius 1 is 1.26 bits per heavy atom. The van der Waals surface area contributed by atoms with Crippen molar-refractivity contribution in [3.8, 4) is 5.75 Å². The largest absolute Gasteiger partial charge is 0.492 e. The van der Waals surface area contributed by atoms with Crippen molar-refractivity contribution in [3.63, 3.8) is 0 Å². The number of carbonyl (C=O) groups excluding carboxylic acids is 2. The number of esters is 1. The number of methoxy groups -OCH3 is 1. The maximum absolute atomic E-state index is 13.0. The van der Waals surface area contributed by atoms with E-state index < -0.39 is 0 Å². The number of rotatable bonds is 4. The lowest BCUT2D eigenvalue weighted by Crippen LogP contribution is -2.44. The van der Waals surface area contributed by atoms with Crippen LogP contribution in [0.4, 0.5) is 0 Å². The van der Waals surface area contributed by atoms with E-state index in [1.54, 1.807) is 0 Å². The van der Waals surface area contributed by atoms with Gasteiger partial charge in [-0.3, -0.25) is 20.4 Å². The summed E-state index contributed by atoms with van der Waals surface area (Å²) in [6.07, 6.45) is 4.10. The van der Waals surface area contributed by atoms with Crippen molar-refractivity contribution in [2.75, 3.05) is 26.8 Å². The highest BCUT2D eigenvalue weighted by Gasteiger charge is 2.35. The standard InChI is InChI=1S/C20H27N3O4/c1-26-18(24)12-15-11-17(22-21-15)13-5-8-23(9-6-13)20(25)16-4-2-3-14-7-10-27-19(14)16/h2-4,13,15,17,21-22H,5-12H2,1H3. The SMILES string of the molecule is COC(=O)CC1CC(C2CCN(C(=O)c3cccc4c3OCC4)CC2)NN1. The van der Waals surface area contributed by atoms with E-state index in [4.69, 9.17) is 9.47 Å². The molecule has 2 fully saturated rings. The fourth-order valence-electron chi connectivity index (χ4n) is 4.44. The maximum atomic E-state index is 13.0. The molecule has 2 unspecified atom stereocenters. The first-order valence-corrected chi connectivity index (χ1v) is 9.77. The van der Waals surface area contributed by atoms with Crippen LogP contribution in [0.15, 0.2) is 18.2 Å². The van der Waals surface area contributed by atoms with E-state index in [0.29, 0.717) is 30.6 Å². The third-order valence-electron chi connectivity index (χ3n) is 5.99. The summed E-state index contributed by atoms with van der Waals surface area (Å²) in [6.45, 7) is 2.18. The van der Waals surface area contributed by atoms with Crippen molar-refractivity contribution >= 4 is 11.9 Å². The van der Waals surface area contributed by atoms with E-state index >= 15 is 0 Å². The van der Waals surface area contributed by atoms with Crippen LogP contribution >= 0.6 is 0 Å². The van der Waals surface area contributed by atoms with Crippen molar-refractivity contribution in [3.05, 3.63) is 29.3 Å². The van der Waals surface area contributed by atoms with Crippen molar-refractivity contribution in [1.29, 1.82) is 0 Å². The Kier molecular flexibility index (Phi) is 5.31. The highest BCUT2D eigenvalue weighted by molar-refractivity contribution is 5.97. The summed E-state index contributed by atoms with van der Waals surface area (Å²) in [5, 5.41) is 0. The van der Waals surface area contributed by atoms with Gasteiger partial charge in [-0.25, -0.2) is 0 Å². The monoisotopic (exact) mass is 373 g/mol. The quantitative estimate of drug-likeness (QED) is 0.774. The highest BCUT2D eigenvalue weighted by Crippen LogP contribution is 2.32. The molecule has 0 aromatic heterocycles. The Morgan fingerprint density at radius 2 is 2.07 bits per heavy atom. The molecule has 2 atom stereocenters. The van der Waals surface area contributed by atoms with Gasteiger partial charge in [-0.1, -0.05) is 12.1 Å². The molecule has 0 radical (unpaired) electrons. The van der Waals surface area contributed by atoms with Gasteiger partial charge in [0.1, 0.15) is 5.75 Å². The molecule has 4 rings (SSSR count). The number of nitrogens with one attached hydrogen (secondary N) is 2. The summed E-state index contributed by atoms with van der Waals surface area (Å²) in [6, 6.07) is 6.31. The first-order chi connectivity index (χ1) is 13.2. The Bertz CT molecular complexity index is 715. The molecule has 146 valence electrons. The molecule has 3 aliphatic heterocycles. The maximum Gasteiger partial charge on any atom is 0.307 e. The number of carbonyl (C=O) groups is 2. The summed E-state index contributed by atoms with van der Waals surface area (Å²) in [5.74, 6) is 1.17. The molecule has 0 aliphatic carbocycles. The average molecular weight is 373 g/mol. The van der Waals surface area contributed by atoms with Crippen LogP contribution in [0.2, 0.25) is 0 Å². The zero-order valence-electron chi connectivity index (χ0n) is 15.7. The van der Waals surface area contributed by atoms with Gasteiger partial charge in [0, 0.05) is 31.6 Å². The third kappa shape index (κ3) is 3.80. The number of hydrogen-bond acceptors (Lipinski definition) is 6. The smallest absolute Gasteiger partial charge is 0.307 e. The van der Waals surface area contributed by atoms with Crippen LogP contribution in [0.5, 0.6) is 5.75 Å². The number of nitrogens with zero attached hydrogens (tertiary/aromatic N) is 1. The molecule has 7 nitrogen and oxygen atoms in total. The number of piperidine rings is 1. The molecule has 1 aromatic carbocycles. The molecule has 7 heteroatoms. The molecular weight excluding hydrogens is 346 g/mol. The number of hydrazine groups is 1. The first-order valence-electron chi connectivity index (χ1n) is 9.77. The second-order valence-corrected chi connectivity index (χ2v) is 7.63. The number of likely N-dealkylation sites (tertiary alicyclic amines) is 1. The summed E-state index contributed by atoms with van der Waals surface area (Å²) in [7, 11) is 1.42. The van der Waals surface area contributed by atoms with E-state index in [1.807, 2.05) is 23.1 Å². The molecule has 2 saturated heterocycles. The number of para-hydroxylation sites is 1. The Morgan fingerprint density at radius 3 is 2.85 bits per heavy atom. The fraction of sp³-hybridized carbons (Fsp3) is 0.600. The first kappa shape index (κ1) is 18.3. The number of hydrogen-bond donors (Lipinski definition) is 2. The van der Waals surface area contributed by atoms with Crippen molar-refractivity contribution in [2.45, 2.75) is 44.2 Å². The van der Waals surface area contributed by atoms with Gasteiger partial charge in [0.25, 0.3) is 5.91 Å². The number of amides is 1. The summed E-state index contributed by atoms with van der Waals surface area (Å²) >= 11 is 0. The third-order valence-corrected chi connectivity index (χ3v) is 5.99. The molecular formula is C20H27N3O4. The molecule has 3 heterocycles. The minimum atomic E-state index is -0.187. The fourth-order valence-corrected chi connectivity index (χ4v) is 4.44. The van der Waals surface area contributed by atoms with Crippen LogP contribution in [-0.4, -0.2) is 55.7 Å². The second kappa shape index (κ2) is 7.86.